The minimum atomic E-state index is -0.653. The molecule has 0 fully saturated rings. The molecule has 0 N–H and O–H groups in total. The van der Waals surface area contributed by atoms with Crippen molar-refractivity contribution >= 4 is 11.9 Å². The van der Waals surface area contributed by atoms with Gasteiger partial charge in [0.05, 0.1) is 18.2 Å². The van der Waals surface area contributed by atoms with Crippen LogP contribution in [0.5, 0.6) is 0 Å². The molecule has 1 aromatic carbocycles. The number of amides is 1. The normalized spacial score (nSPS) is 17.3. The molecule has 0 unspecified atom stereocenters. The molecule has 4 nitrogen and oxygen atoms in total. The van der Waals surface area contributed by atoms with Gasteiger partial charge >= 0.3 is 5.97 Å². The van der Waals surface area contributed by atoms with E-state index in [1.165, 1.54) is 13.2 Å². The highest BCUT2D eigenvalue weighted by Crippen LogP contribution is 2.32. The van der Waals surface area contributed by atoms with Crippen molar-refractivity contribution in [1.29, 1.82) is 0 Å². The summed E-state index contributed by atoms with van der Waals surface area (Å²) in [6.07, 6.45) is 1.37. The van der Waals surface area contributed by atoms with Crippen LogP contribution in [0.2, 0.25) is 0 Å². The third kappa shape index (κ3) is 2.38. The van der Waals surface area contributed by atoms with Crippen LogP contribution >= 0.6 is 0 Å². The molecule has 2 rings (SSSR count). The number of esters is 1. The summed E-state index contributed by atoms with van der Waals surface area (Å²) in [5.41, 5.74) is 0.777. The standard InChI is InChI=1S/C15H17NO3/c1-15(2)12(14(18)19-3)9-13(17)16(15)10-11-7-5-4-6-8-11/h4-9H,10H2,1-3H3. The maximum atomic E-state index is 12.1. The smallest absolute Gasteiger partial charge is 0.336 e. The first kappa shape index (κ1) is 13.3. The first-order chi connectivity index (χ1) is 8.96. The lowest BCUT2D eigenvalue weighted by Crippen LogP contribution is -2.44. The van der Waals surface area contributed by atoms with Crippen LogP contribution in [-0.2, 0) is 20.9 Å². The fourth-order valence-corrected chi connectivity index (χ4v) is 2.26. The molecule has 19 heavy (non-hydrogen) atoms. The largest absolute Gasteiger partial charge is 0.466 e. The summed E-state index contributed by atoms with van der Waals surface area (Å²) in [5.74, 6) is -0.608. The minimum Gasteiger partial charge on any atom is -0.466 e. The van der Waals surface area contributed by atoms with Crippen molar-refractivity contribution in [2.24, 2.45) is 0 Å². The second-order valence-corrected chi connectivity index (χ2v) is 5.02. The highest BCUT2D eigenvalue weighted by Gasteiger charge is 2.43. The van der Waals surface area contributed by atoms with Crippen LogP contribution in [0.1, 0.15) is 19.4 Å². The Bertz CT molecular complexity index is 532. The van der Waals surface area contributed by atoms with Gasteiger partial charge in [-0.25, -0.2) is 4.79 Å². The zero-order valence-corrected chi connectivity index (χ0v) is 11.3. The van der Waals surface area contributed by atoms with Crippen molar-refractivity contribution < 1.29 is 14.3 Å². The number of ether oxygens (including phenoxy) is 1. The Morgan fingerprint density at radius 2 is 1.89 bits per heavy atom. The second-order valence-electron chi connectivity index (χ2n) is 5.02. The lowest BCUT2D eigenvalue weighted by Gasteiger charge is -2.33. The molecule has 0 radical (unpaired) electrons. The van der Waals surface area contributed by atoms with Crippen molar-refractivity contribution in [3.63, 3.8) is 0 Å². The number of rotatable bonds is 3. The van der Waals surface area contributed by atoms with Gasteiger partial charge in [-0.05, 0) is 19.4 Å². The van der Waals surface area contributed by atoms with Crippen LogP contribution in [-0.4, -0.2) is 29.4 Å². The molecule has 0 spiro atoms. The fraction of sp³-hybridized carbons (Fsp3) is 0.333. The molecule has 0 saturated carbocycles. The topological polar surface area (TPSA) is 46.6 Å². The van der Waals surface area contributed by atoms with Gasteiger partial charge in [0.15, 0.2) is 0 Å². The summed E-state index contributed by atoms with van der Waals surface area (Å²) in [7, 11) is 1.32. The van der Waals surface area contributed by atoms with Gasteiger partial charge in [-0.2, -0.15) is 0 Å². The van der Waals surface area contributed by atoms with Crippen molar-refractivity contribution in [3.05, 3.63) is 47.5 Å². The molecule has 1 aliphatic rings. The van der Waals surface area contributed by atoms with Gasteiger partial charge in [-0.15, -0.1) is 0 Å². The van der Waals surface area contributed by atoms with Crippen molar-refractivity contribution in [3.8, 4) is 0 Å². The third-order valence-electron chi connectivity index (χ3n) is 3.46. The van der Waals surface area contributed by atoms with E-state index in [9.17, 15) is 9.59 Å². The summed E-state index contributed by atoms with van der Waals surface area (Å²) in [6, 6.07) is 9.70. The number of nitrogens with zero attached hydrogens (tertiary/aromatic N) is 1. The summed E-state index contributed by atoms with van der Waals surface area (Å²) in [5, 5.41) is 0. The van der Waals surface area contributed by atoms with E-state index in [4.69, 9.17) is 4.74 Å². The predicted octanol–water partition coefficient (Wildman–Crippen LogP) is 1.91. The summed E-state index contributed by atoms with van der Waals surface area (Å²) < 4.78 is 4.73. The van der Waals surface area contributed by atoms with Gasteiger partial charge in [0.2, 0.25) is 5.91 Å². The highest BCUT2D eigenvalue weighted by atomic mass is 16.5. The van der Waals surface area contributed by atoms with Gasteiger partial charge in [-0.1, -0.05) is 30.3 Å². The second kappa shape index (κ2) is 4.88. The molecule has 0 aromatic heterocycles. The number of carbonyl (C=O) groups is 2. The third-order valence-corrected chi connectivity index (χ3v) is 3.46. The number of benzene rings is 1. The van der Waals surface area contributed by atoms with Crippen molar-refractivity contribution in [1.82, 2.24) is 4.90 Å². The highest BCUT2D eigenvalue weighted by molar-refractivity contribution is 6.04. The Morgan fingerprint density at radius 3 is 2.47 bits per heavy atom. The fourth-order valence-electron chi connectivity index (χ4n) is 2.26. The van der Waals surface area contributed by atoms with E-state index in [2.05, 4.69) is 0 Å². The van der Waals surface area contributed by atoms with E-state index < -0.39 is 11.5 Å². The first-order valence-corrected chi connectivity index (χ1v) is 6.13. The number of hydrogen-bond acceptors (Lipinski definition) is 3. The molecular formula is C15H17NO3. The quantitative estimate of drug-likeness (QED) is 0.779. The average Bonchev–Trinajstić information content (AvgIpc) is 2.62. The molecule has 0 bridgehead atoms. The van der Waals surface area contributed by atoms with Crippen LogP contribution in [0, 0.1) is 0 Å². The summed E-state index contributed by atoms with van der Waals surface area (Å²) in [4.78, 5) is 25.4. The van der Waals surface area contributed by atoms with Crippen molar-refractivity contribution in [2.75, 3.05) is 7.11 Å². The molecule has 1 amide bonds. The molecule has 0 saturated heterocycles. The first-order valence-electron chi connectivity index (χ1n) is 6.13. The van der Waals surface area contributed by atoms with Crippen LogP contribution in [0.3, 0.4) is 0 Å². The summed E-state index contributed by atoms with van der Waals surface area (Å²) in [6.45, 7) is 4.18. The molecule has 4 heteroatoms. The van der Waals surface area contributed by atoms with E-state index in [0.717, 1.165) is 5.56 Å². The number of carbonyl (C=O) groups excluding carboxylic acids is 2. The Balaban J connectivity index is 2.25. The van der Waals surface area contributed by atoms with Gasteiger partial charge in [-0.3, -0.25) is 4.79 Å². The van der Waals surface area contributed by atoms with E-state index in [1.54, 1.807) is 4.90 Å². The van der Waals surface area contributed by atoms with E-state index >= 15 is 0 Å². The Morgan fingerprint density at radius 1 is 1.26 bits per heavy atom. The Labute approximate surface area is 112 Å². The van der Waals surface area contributed by atoms with Gasteiger partial charge in [0.25, 0.3) is 0 Å². The molecule has 0 atom stereocenters. The maximum absolute atomic E-state index is 12.1. The lowest BCUT2D eigenvalue weighted by atomic mass is 9.95. The molecule has 100 valence electrons. The van der Waals surface area contributed by atoms with Crippen LogP contribution in [0.15, 0.2) is 42.0 Å². The lowest BCUT2D eigenvalue weighted by molar-refractivity contribution is -0.137. The molecule has 1 heterocycles. The molecular weight excluding hydrogens is 242 g/mol. The van der Waals surface area contributed by atoms with E-state index in [-0.39, 0.29) is 5.91 Å². The monoisotopic (exact) mass is 259 g/mol. The van der Waals surface area contributed by atoms with E-state index in [0.29, 0.717) is 12.1 Å². The SMILES string of the molecule is COC(=O)C1=CC(=O)N(Cc2ccccc2)C1(C)C. The molecule has 0 aliphatic carbocycles. The van der Waals surface area contributed by atoms with E-state index in [1.807, 2.05) is 44.2 Å². The zero-order chi connectivity index (χ0) is 14.0. The maximum Gasteiger partial charge on any atom is 0.336 e. The van der Waals surface area contributed by atoms with Crippen LogP contribution in [0.25, 0.3) is 0 Å². The summed E-state index contributed by atoms with van der Waals surface area (Å²) >= 11 is 0. The molecule has 1 aliphatic heterocycles. The minimum absolute atomic E-state index is 0.158. The average molecular weight is 259 g/mol. The number of hydrogen-bond donors (Lipinski definition) is 0. The van der Waals surface area contributed by atoms with Gasteiger partial charge < -0.3 is 9.64 Å². The van der Waals surface area contributed by atoms with Crippen LogP contribution in [0.4, 0.5) is 0 Å². The zero-order valence-electron chi connectivity index (χ0n) is 11.3. The van der Waals surface area contributed by atoms with Crippen LogP contribution < -0.4 is 0 Å². The van der Waals surface area contributed by atoms with Gasteiger partial charge in [0, 0.05) is 12.6 Å². The predicted molar refractivity (Wildman–Crippen MR) is 71.2 cm³/mol. The van der Waals surface area contributed by atoms with Gasteiger partial charge in [0.1, 0.15) is 0 Å². The Hall–Kier alpha value is -2.10. The number of methoxy groups -OCH3 is 1. The molecule has 1 aromatic rings. The van der Waals surface area contributed by atoms with Crippen molar-refractivity contribution in [2.45, 2.75) is 25.9 Å². The Kier molecular flexibility index (Phi) is 3.42.